The standard InChI is InChI=1S/C18H13ClF2N2O3/c1-25-16-8-11(5-6-15(16)26-18(20)21)7-12(10-22)17(24)23-14-4-2-3-13(19)9-14/h2-9,18H,1H3,(H,23,24). The molecule has 0 aliphatic heterocycles. The van der Waals surface area contributed by atoms with E-state index in [0.29, 0.717) is 16.3 Å². The summed E-state index contributed by atoms with van der Waals surface area (Å²) < 4.78 is 34.0. The number of alkyl halides is 2. The third-order valence-electron chi connectivity index (χ3n) is 3.16. The zero-order chi connectivity index (χ0) is 19.1. The van der Waals surface area contributed by atoms with Crippen molar-refractivity contribution in [3.8, 4) is 17.6 Å². The number of halogens is 3. The Hall–Kier alpha value is -3.11. The third-order valence-corrected chi connectivity index (χ3v) is 3.40. The number of nitrogens with one attached hydrogen (secondary N) is 1. The quantitative estimate of drug-likeness (QED) is 0.593. The molecule has 0 bridgehead atoms. The molecule has 0 radical (unpaired) electrons. The van der Waals surface area contributed by atoms with Crippen molar-refractivity contribution in [3.63, 3.8) is 0 Å². The predicted molar refractivity (Wildman–Crippen MR) is 93.3 cm³/mol. The van der Waals surface area contributed by atoms with E-state index in [2.05, 4.69) is 10.1 Å². The van der Waals surface area contributed by atoms with Gasteiger partial charge in [-0.2, -0.15) is 14.0 Å². The Balaban J connectivity index is 2.24. The average molecular weight is 379 g/mol. The molecule has 2 aromatic rings. The van der Waals surface area contributed by atoms with E-state index in [0.717, 1.165) is 0 Å². The van der Waals surface area contributed by atoms with Gasteiger partial charge in [0.15, 0.2) is 11.5 Å². The monoisotopic (exact) mass is 378 g/mol. The number of nitrogens with zero attached hydrogens (tertiary/aromatic N) is 1. The van der Waals surface area contributed by atoms with Gasteiger partial charge in [-0.05, 0) is 42.0 Å². The summed E-state index contributed by atoms with van der Waals surface area (Å²) in [5, 5.41) is 12.2. The summed E-state index contributed by atoms with van der Waals surface area (Å²) in [7, 11) is 1.29. The van der Waals surface area contributed by atoms with Crippen LogP contribution in [0.25, 0.3) is 6.08 Å². The summed E-state index contributed by atoms with van der Waals surface area (Å²) in [5.41, 5.74) is 0.651. The molecule has 0 aliphatic rings. The minimum atomic E-state index is -3.00. The fourth-order valence-corrected chi connectivity index (χ4v) is 2.24. The van der Waals surface area contributed by atoms with Crippen LogP contribution in [-0.4, -0.2) is 19.6 Å². The topological polar surface area (TPSA) is 71.3 Å². The molecule has 0 heterocycles. The molecule has 8 heteroatoms. The maximum atomic E-state index is 12.3. The zero-order valence-electron chi connectivity index (χ0n) is 13.5. The molecule has 0 saturated carbocycles. The highest BCUT2D eigenvalue weighted by Gasteiger charge is 2.13. The van der Waals surface area contributed by atoms with Gasteiger partial charge >= 0.3 is 6.61 Å². The lowest BCUT2D eigenvalue weighted by molar-refractivity contribution is -0.112. The van der Waals surface area contributed by atoms with Crippen molar-refractivity contribution in [3.05, 3.63) is 58.6 Å². The van der Waals surface area contributed by atoms with Gasteiger partial charge in [-0.25, -0.2) is 0 Å². The number of hydrogen-bond acceptors (Lipinski definition) is 4. The molecule has 1 N–H and O–H groups in total. The van der Waals surface area contributed by atoms with Crippen LogP contribution in [0.4, 0.5) is 14.5 Å². The van der Waals surface area contributed by atoms with E-state index in [1.807, 2.05) is 0 Å². The number of carbonyl (C=O) groups excluding carboxylic acids is 1. The highest BCUT2D eigenvalue weighted by atomic mass is 35.5. The first-order valence-corrected chi connectivity index (χ1v) is 7.62. The van der Waals surface area contributed by atoms with Gasteiger partial charge in [0.1, 0.15) is 11.6 Å². The second-order valence-electron chi connectivity index (χ2n) is 4.92. The summed E-state index contributed by atoms with van der Waals surface area (Å²) in [5.74, 6) is -0.741. The number of benzene rings is 2. The van der Waals surface area contributed by atoms with Crippen molar-refractivity contribution in [2.75, 3.05) is 12.4 Å². The van der Waals surface area contributed by atoms with Crippen LogP contribution in [0.5, 0.6) is 11.5 Å². The smallest absolute Gasteiger partial charge is 0.387 e. The van der Waals surface area contributed by atoms with Gasteiger partial charge in [0, 0.05) is 10.7 Å². The Bertz CT molecular complexity index is 879. The molecule has 0 saturated heterocycles. The van der Waals surface area contributed by atoms with E-state index in [1.165, 1.54) is 37.5 Å². The number of methoxy groups -OCH3 is 1. The number of carbonyl (C=O) groups is 1. The molecule has 0 unspecified atom stereocenters. The summed E-state index contributed by atoms with van der Waals surface area (Å²) in [6.45, 7) is -3.00. The van der Waals surface area contributed by atoms with E-state index < -0.39 is 12.5 Å². The fourth-order valence-electron chi connectivity index (χ4n) is 2.05. The molecular formula is C18H13ClF2N2O3. The molecule has 2 rings (SSSR count). The van der Waals surface area contributed by atoms with Crippen LogP contribution in [0, 0.1) is 11.3 Å². The summed E-state index contributed by atoms with van der Waals surface area (Å²) in [4.78, 5) is 12.2. The molecule has 0 aromatic heterocycles. The van der Waals surface area contributed by atoms with Crippen molar-refractivity contribution in [2.24, 2.45) is 0 Å². The molecular weight excluding hydrogens is 366 g/mol. The third kappa shape index (κ3) is 5.19. The van der Waals surface area contributed by atoms with E-state index >= 15 is 0 Å². The second-order valence-corrected chi connectivity index (χ2v) is 5.36. The van der Waals surface area contributed by atoms with E-state index in [9.17, 15) is 18.8 Å². The average Bonchev–Trinajstić information content (AvgIpc) is 2.60. The van der Waals surface area contributed by atoms with Crippen LogP contribution in [0.3, 0.4) is 0 Å². The molecule has 0 spiro atoms. The van der Waals surface area contributed by atoms with Crippen LogP contribution in [0.15, 0.2) is 48.0 Å². The van der Waals surface area contributed by atoms with Crippen LogP contribution in [0.1, 0.15) is 5.56 Å². The molecule has 1 amide bonds. The normalized spacial score (nSPS) is 11.0. The molecule has 5 nitrogen and oxygen atoms in total. The molecule has 26 heavy (non-hydrogen) atoms. The summed E-state index contributed by atoms with van der Waals surface area (Å²) in [6, 6.07) is 12.3. The SMILES string of the molecule is COc1cc(C=C(C#N)C(=O)Nc2cccc(Cl)c2)ccc1OC(F)F. The summed E-state index contributed by atoms with van der Waals surface area (Å²) in [6.07, 6.45) is 1.30. The molecule has 134 valence electrons. The van der Waals surface area contributed by atoms with Crippen LogP contribution in [-0.2, 0) is 4.79 Å². The Morgan fingerprint density at radius 3 is 2.65 bits per heavy atom. The van der Waals surface area contributed by atoms with Crippen LogP contribution in [0.2, 0.25) is 5.02 Å². The lowest BCUT2D eigenvalue weighted by atomic mass is 10.1. The van der Waals surface area contributed by atoms with Crippen molar-refractivity contribution in [2.45, 2.75) is 6.61 Å². The minimum absolute atomic E-state index is 0.0478. The number of anilines is 1. The van der Waals surface area contributed by atoms with E-state index in [-0.39, 0.29) is 17.1 Å². The molecule has 2 aromatic carbocycles. The van der Waals surface area contributed by atoms with Gasteiger partial charge < -0.3 is 14.8 Å². The maximum absolute atomic E-state index is 12.3. The molecule has 0 aliphatic carbocycles. The van der Waals surface area contributed by atoms with Gasteiger partial charge in [0.2, 0.25) is 0 Å². The van der Waals surface area contributed by atoms with Gasteiger partial charge in [0.05, 0.1) is 7.11 Å². The zero-order valence-corrected chi connectivity index (χ0v) is 14.3. The van der Waals surface area contributed by atoms with Crippen molar-refractivity contribution in [1.82, 2.24) is 0 Å². The van der Waals surface area contributed by atoms with Gasteiger partial charge in [-0.15, -0.1) is 0 Å². The largest absolute Gasteiger partial charge is 0.493 e. The van der Waals surface area contributed by atoms with E-state index in [4.69, 9.17) is 16.3 Å². The highest BCUT2D eigenvalue weighted by Crippen LogP contribution is 2.30. The Labute approximate surface area is 153 Å². The predicted octanol–water partition coefficient (Wildman–Crippen LogP) is 4.50. The minimum Gasteiger partial charge on any atom is -0.493 e. The first-order chi connectivity index (χ1) is 12.4. The number of nitriles is 1. The lowest BCUT2D eigenvalue weighted by Crippen LogP contribution is -2.13. The van der Waals surface area contributed by atoms with Crippen molar-refractivity contribution >= 4 is 29.3 Å². The highest BCUT2D eigenvalue weighted by molar-refractivity contribution is 6.31. The number of hydrogen-bond donors (Lipinski definition) is 1. The van der Waals surface area contributed by atoms with Crippen LogP contribution >= 0.6 is 11.6 Å². The molecule has 0 fully saturated rings. The van der Waals surface area contributed by atoms with Gasteiger partial charge in [0.25, 0.3) is 5.91 Å². The number of ether oxygens (including phenoxy) is 2. The lowest BCUT2D eigenvalue weighted by Gasteiger charge is -2.10. The van der Waals surface area contributed by atoms with Gasteiger partial charge in [-0.3, -0.25) is 4.79 Å². The Morgan fingerprint density at radius 2 is 2.04 bits per heavy atom. The Kier molecular flexibility index (Phi) is 6.53. The van der Waals surface area contributed by atoms with Crippen LogP contribution < -0.4 is 14.8 Å². The molecule has 0 atom stereocenters. The number of rotatable bonds is 6. The second kappa shape index (κ2) is 8.83. The van der Waals surface area contributed by atoms with Crippen molar-refractivity contribution in [1.29, 1.82) is 5.26 Å². The van der Waals surface area contributed by atoms with E-state index in [1.54, 1.807) is 24.3 Å². The summed E-state index contributed by atoms with van der Waals surface area (Å²) >= 11 is 5.85. The number of amides is 1. The van der Waals surface area contributed by atoms with Gasteiger partial charge in [-0.1, -0.05) is 23.7 Å². The Morgan fingerprint density at radius 1 is 1.27 bits per heavy atom. The maximum Gasteiger partial charge on any atom is 0.387 e. The first kappa shape index (κ1) is 19.2. The van der Waals surface area contributed by atoms with Crippen molar-refractivity contribution < 1.29 is 23.0 Å². The fraction of sp³-hybridized carbons (Fsp3) is 0.111. The first-order valence-electron chi connectivity index (χ1n) is 7.24.